The van der Waals surface area contributed by atoms with Gasteiger partial charge in [0.05, 0.1) is 10.9 Å². The van der Waals surface area contributed by atoms with Crippen LogP contribution in [-0.2, 0) is 16.4 Å². The first-order chi connectivity index (χ1) is 12.8. The van der Waals surface area contributed by atoms with Gasteiger partial charge in [-0.3, -0.25) is 4.79 Å². The summed E-state index contributed by atoms with van der Waals surface area (Å²) < 4.78 is 26.7. The number of sulfonamides is 1. The molecule has 3 rings (SSSR count). The normalized spacial score (nSPS) is 17.0. The average molecular weight is 387 g/mol. The van der Waals surface area contributed by atoms with E-state index in [9.17, 15) is 13.2 Å². The third kappa shape index (κ3) is 4.06. The van der Waals surface area contributed by atoms with Crippen LogP contribution < -0.4 is 5.32 Å². The van der Waals surface area contributed by atoms with Crippen LogP contribution in [0.2, 0.25) is 0 Å². The molecule has 1 aliphatic rings. The van der Waals surface area contributed by atoms with E-state index in [0.717, 1.165) is 24.8 Å². The van der Waals surface area contributed by atoms with Crippen LogP contribution in [0.5, 0.6) is 0 Å². The molecule has 1 amide bonds. The van der Waals surface area contributed by atoms with Crippen LogP contribution in [0.1, 0.15) is 54.2 Å². The zero-order chi connectivity index (χ0) is 19.6. The molecule has 0 bridgehead atoms. The number of aryl methyl sites for hydroxylation is 1. The monoisotopic (exact) mass is 386 g/mol. The predicted molar refractivity (Wildman–Crippen MR) is 106 cm³/mol. The molecule has 144 valence electrons. The lowest BCUT2D eigenvalue weighted by atomic mass is 9.87. The van der Waals surface area contributed by atoms with Gasteiger partial charge in [-0.25, -0.2) is 8.42 Å². The van der Waals surface area contributed by atoms with Gasteiger partial charge in [0.25, 0.3) is 5.91 Å². The molecule has 27 heavy (non-hydrogen) atoms. The van der Waals surface area contributed by atoms with Crippen LogP contribution in [0.3, 0.4) is 0 Å². The Kier molecular flexibility index (Phi) is 5.67. The van der Waals surface area contributed by atoms with E-state index in [1.807, 2.05) is 26.0 Å². The lowest BCUT2D eigenvalue weighted by Crippen LogP contribution is -2.33. The fourth-order valence-corrected chi connectivity index (χ4v) is 4.80. The highest BCUT2D eigenvalue weighted by atomic mass is 32.2. The second-order valence-corrected chi connectivity index (χ2v) is 9.26. The minimum absolute atomic E-state index is 0.0407. The average Bonchev–Trinajstić information content (AvgIpc) is 2.67. The number of nitrogens with one attached hydrogen (secondary N) is 1. The van der Waals surface area contributed by atoms with Crippen LogP contribution >= 0.6 is 0 Å². The van der Waals surface area contributed by atoms with Crippen molar-refractivity contribution in [3.63, 3.8) is 0 Å². The first-order valence-corrected chi connectivity index (χ1v) is 10.7. The Morgan fingerprint density at radius 3 is 2.63 bits per heavy atom. The predicted octanol–water partition coefficient (Wildman–Crippen LogP) is 3.52. The molecular weight excluding hydrogens is 360 g/mol. The number of carbonyl (C=O) groups is 1. The second kappa shape index (κ2) is 7.82. The number of fused-ring (bicyclic) bond motifs is 1. The minimum Gasteiger partial charge on any atom is -0.345 e. The number of hydrogen-bond donors (Lipinski definition) is 1. The van der Waals surface area contributed by atoms with Gasteiger partial charge in [0.1, 0.15) is 0 Å². The fraction of sp³-hybridized carbons (Fsp3) is 0.381. The van der Waals surface area contributed by atoms with Crippen LogP contribution in [0, 0.1) is 0 Å². The summed E-state index contributed by atoms with van der Waals surface area (Å²) in [6.45, 7) is 3.63. The summed E-state index contributed by atoms with van der Waals surface area (Å²) in [5.41, 5.74) is 2.78. The number of amides is 1. The Bertz CT molecular complexity index is 938. The van der Waals surface area contributed by atoms with Crippen LogP contribution in [0.4, 0.5) is 0 Å². The zero-order valence-electron chi connectivity index (χ0n) is 16.0. The third-order valence-electron chi connectivity index (χ3n) is 5.18. The quantitative estimate of drug-likeness (QED) is 0.855. The Morgan fingerprint density at radius 1 is 1.15 bits per heavy atom. The maximum atomic E-state index is 12.8. The molecule has 1 atom stereocenters. The lowest BCUT2D eigenvalue weighted by Gasteiger charge is -2.26. The van der Waals surface area contributed by atoms with Gasteiger partial charge >= 0.3 is 0 Å². The zero-order valence-corrected chi connectivity index (χ0v) is 16.8. The molecule has 1 aliphatic carbocycles. The molecule has 2 aromatic carbocycles. The largest absolute Gasteiger partial charge is 0.345 e. The topological polar surface area (TPSA) is 66.5 Å². The summed E-state index contributed by atoms with van der Waals surface area (Å²) in [6.07, 6.45) is 2.93. The molecule has 1 N–H and O–H groups in total. The van der Waals surface area contributed by atoms with E-state index in [0.29, 0.717) is 5.56 Å². The van der Waals surface area contributed by atoms with E-state index in [1.165, 1.54) is 22.0 Å². The van der Waals surface area contributed by atoms with Crippen molar-refractivity contribution in [2.75, 3.05) is 7.05 Å². The maximum absolute atomic E-state index is 12.8. The van der Waals surface area contributed by atoms with E-state index in [1.54, 1.807) is 19.2 Å². The second-order valence-electron chi connectivity index (χ2n) is 7.26. The van der Waals surface area contributed by atoms with Crippen molar-refractivity contribution in [1.82, 2.24) is 9.62 Å². The number of benzene rings is 2. The minimum atomic E-state index is -3.62. The summed E-state index contributed by atoms with van der Waals surface area (Å²) in [5, 5.41) is 3.07. The molecule has 0 spiro atoms. The highest BCUT2D eigenvalue weighted by Crippen LogP contribution is 2.29. The summed E-state index contributed by atoms with van der Waals surface area (Å²) in [6, 6.07) is 14.2. The first-order valence-electron chi connectivity index (χ1n) is 9.27. The molecular formula is C21H26N2O3S. The molecule has 0 aromatic heterocycles. The van der Waals surface area contributed by atoms with Gasteiger partial charge in [-0.2, -0.15) is 4.31 Å². The summed E-state index contributed by atoms with van der Waals surface area (Å²) >= 11 is 0. The third-order valence-corrected chi connectivity index (χ3v) is 7.20. The van der Waals surface area contributed by atoms with Crippen molar-refractivity contribution in [3.05, 3.63) is 65.2 Å². The number of hydrogen-bond acceptors (Lipinski definition) is 3. The van der Waals surface area contributed by atoms with E-state index in [-0.39, 0.29) is 22.9 Å². The van der Waals surface area contributed by atoms with Gasteiger partial charge in [0, 0.05) is 18.7 Å². The van der Waals surface area contributed by atoms with Crippen LogP contribution in [0.25, 0.3) is 0 Å². The summed E-state index contributed by atoms with van der Waals surface area (Å²) in [5.74, 6) is -0.249. The Labute approximate surface area is 161 Å². The Morgan fingerprint density at radius 2 is 1.89 bits per heavy atom. The van der Waals surface area contributed by atoms with Gasteiger partial charge in [-0.1, -0.05) is 30.3 Å². The number of carbonyl (C=O) groups excluding carboxylic acids is 1. The number of nitrogens with zero attached hydrogens (tertiary/aromatic N) is 1. The molecule has 0 radical (unpaired) electrons. The molecule has 0 aliphatic heterocycles. The molecule has 2 aromatic rings. The molecule has 1 unspecified atom stereocenters. The van der Waals surface area contributed by atoms with E-state index < -0.39 is 10.0 Å². The van der Waals surface area contributed by atoms with E-state index in [2.05, 4.69) is 17.4 Å². The Hall–Kier alpha value is -2.18. The van der Waals surface area contributed by atoms with Gasteiger partial charge in [0.2, 0.25) is 10.0 Å². The fourth-order valence-electron chi connectivity index (χ4n) is 3.39. The van der Waals surface area contributed by atoms with Crippen LogP contribution in [0.15, 0.2) is 53.4 Å². The van der Waals surface area contributed by atoms with Gasteiger partial charge in [-0.05, 0) is 62.4 Å². The molecule has 0 saturated carbocycles. The molecule has 6 heteroatoms. The molecule has 0 fully saturated rings. The van der Waals surface area contributed by atoms with Gasteiger partial charge < -0.3 is 5.32 Å². The summed E-state index contributed by atoms with van der Waals surface area (Å²) in [7, 11) is -2.08. The molecule has 0 saturated heterocycles. The maximum Gasteiger partial charge on any atom is 0.251 e. The van der Waals surface area contributed by atoms with Gasteiger partial charge in [-0.15, -0.1) is 0 Å². The smallest absolute Gasteiger partial charge is 0.251 e. The molecule has 0 heterocycles. The highest BCUT2D eigenvalue weighted by molar-refractivity contribution is 7.89. The van der Waals surface area contributed by atoms with Crippen molar-refractivity contribution in [1.29, 1.82) is 0 Å². The van der Waals surface area contributed by atoms with Crippen molar-refractivity contribution >= 4 is 15.9 Å². The highest BCUT2D eigenvalue weighted by Gasteiger charge is 2.25. The summed E-state index contributed by atoms with van der Waals surface area (Å²) in [4.78, 5) is 12.9. The van der Waals surface area contributed by atoms with Crippen molar-refractivity contribution in [3.8, 4) is 0 Å². The standard InChI is InChI=1S/C21H26N2O3S/c1-15(2)23(3)27(25,26)18-11-6-10-17(14-18)21(24)22-20-13-7-9-16-8-4-5-12-19(16)20/h4-6,8,10-12,14-15,20H,7,9,13H2,1-3H3,(H,22,24). The van der Waals surface area contributed by atoms with Crippen molar-refractivity contribution in [2.24, 2.45) is 0 Å². The van der Waals surface area contributed by atoms with E-state index in [4.69, 9.17) is 0 Å². The SMILES string of the molecule is CC(C)N(C)S(=O)(=O)c1cccc(C(=O)NC2CCCc3ccccc32)c1. The first kappa shape index (κ1) is 19.6. The lowest BCUT2D eigenvalue weighted by molar-refractivity contribution is 0.0932. The van der Waals surface area contributed by atoms with E-state index >= 15 is 0 Å². The van der Waals surface area contributed by atoms with Crippen molar-refractivity contribution < 1.29 is 13.2 Å². The van der Waals surface area contributed by atoms with Gasteiger partial charge in [0.15, 0.2) is 0 Å². The number of rotatable bonds is 5. The Balaban J connectivity index is 1.83. The van der Waals surface area contributed by atoms with Crippen molar-refractivity contribution in [2.45, 2.75) is 50.1 Å². The van der Waals surface area contributed by atoms with Crippen LogP contribution in [-0.4, -0.2) is 31.7 Å². The molecule has 5 nitrogen and oxygen atoms in total.